The van der Waals surface area contributed by atoms with Crippen molar-refractivity contribution in [3.8, 4) is 0 Å². The number of hydrogen-bond acceptors (Lipinski definition) is 2. The number of anilines is 1. The van der Waals surface area contributed by atoms with Crippen LogP contribution in [-0.2, 0) is 11.2 Å². The summed E-state index contributed by atoms with van der Waals surface area (Å²) in [6, 6.07) is 12.0. The fourth-order valence-electron chi connectivity index (χ4n) is 2.92. The molecule has 0 N–H and O–H groups in total. The highest BCUT2D eigenvalue weighted by Gasteiger charge is 2.53. The molecule has 1 atom stereocenters. The Kier molecular flexibility index (Phi) is 4.84. The molecule has 1 aliphatic heterocycles. The monoisotopic (exact) mass is 440 g/mol. The molecule has 1 aliphatic rings. The van der Waals surface area contributed by atoms with Gasteiger partial charge in [0.05, 0.1) is 5.69 Å². The molecule has 2 aromatic rings. The molecule has 25 heavy (non-hydrogen) atoms. The third-order valence-electron chi connectivity index (χ3n) is 4.45. The van der Waals surface area contributed by atoms with Gasteiger partial charge in [0.1, 0.15) is 5.54 Å². The van der Waals surface area contributed by atoms with E-state index in [1.54, 1.807) is 32.2 Å². The van der Waals surface area contributed by atoms with E-state index in [4.69, 9.17) is 23.2 Å². The van der Waals surface area contributed by atoms with Crippen LogP contribution in [0.4, 0.5) is 10.5 Å². The Balaban J connectivity index is 1.98. The number of hydrogen-bond donors (Lipinski definition) is 0. The summed E-state index contributed by atoms with van der Waals surface area (Å²) in [5.41, 5.74) is 0.350. The first-order chi connectivity index (χ1) is 11.7. The van der Waals surface area contributed by atoms with Crippen LogP contribution in [0.3, 0.4) is 0 Å². The number of carbonyl (C=O) groups excluding carboxylic acids is 2. The van der Waals surface area contributed by atoms with Crippen LogP contribution < -0.4 is 4.90 Å². The van der Waals surface area contributed by atoms with Gasteiger partial charge >= 0.3 is 6.03 Å². The van der Waals surface area contributed by atoms with Crippen LogP contribution in [0.1, 0.15) is 12.5 Å². The first-order valence-electron chi connectivity index (χ1n) is 7.55. The van der Waals surface area contributed by atoms with E-state index in [9.17, 15) is 9.59 Å². The average Bonchev–Trinajstić information content (AvgIpc) is 2.70. The van der Waals surface area contributed by atoms with Gasteiger partial charge in [0, 0.05) is 28.0 Å². The maximum Gasteiger partial charge on any atom is 0.332 e. The van der Waals surface area contributed by atoms with Crippen LogP contribution in [0, 0.1) is 0 Å². The van der Waals surface area contributed by atoms with Gasteiger partial charge in [-0.05, 0) is 42.8 Å². The van der Waals surface area contributed by atoms with Crippen molar-refractivity contribution in [2.45, 2.75) is 18.9 Å². The third kappa shape index (κ3) is 3.28. The van der Waals surface area contributed by atoms with Gasteiger partial charge in [0.2, 0.25) is 0 Å². The highest BCUT2D eigenvalue weighted by Crippen LogP contribution is 2.35. The normalized spacial score (nSPS) is 20.5. The van der Waals surface area contributed by atoms with Gasteiger partial charge in [-0.3, -0.25) is 4.79 Å². The van der Waals surface area contributed by atoms with Crippen LogP contribution in [0.5, 0.6) is 0 Å². The number of amides is 3. The van der Waals surface area contributed by atoms with Crippen molar-refractivity contribution in [2.24, 2.45) is 0 Å². The predicted molar refractivity (Wildman–Crippen MR) is 103 cm³/mol. The van der Waals surface area contributed by atoms with Crippen LogP contribution in [0.15, 0.2) is 46.9 Å². The average molecular weight is 442 g/mol. The summed E-state index contributed by atoms with van der Waals surface area (Å²) in [5, 5.41) is 0.736. The minimum atomic E-state index is -0.986. The lowest BCUT2D eigenvalue weighted by Crippen LogP contribution is -2.47. The van der Waals surface area contributed by atoms with Gasteiger partial charge in [-0.25, -0.2) is 9.69 Å². The summed E-state index contributed by atoms with van der Waals surface area (Å²) in [6.45, 7) is 1.77. The van der Waals surface area contributed by atoms with Crippen molar-refractivity contribution in [3.63, 3.8) is 0 Å². The SMILES string of the molecule is CN1C(=O)N(c2cc(Cl)cc(Cl)c2)C(=O)[C@@]1(C)Cc1ccc(Br)cc1. The molecule has 0 aromatic heterocycles. The van der Waals surface area contributed by atoms with Crippen LogP contribution in [0.25, 0.3) is 0 Å². The number of halogens is 3. The number of urea groups is 1. The molecule has 0 unspecified atom stereocenters. The molecule has 0 bridgehead atoms. The third-order valence-corrected chi connectivity index (χ3v) is 5.41. The fourth-order valence-corrected chi connectivity index (χ4v) is 3.70. The smallest absolute Gasteiger partial charge is 0.312 e. The lowest BCUT2D eigenvalue weighted by molar-refractivity contribution is -0.123. The lowest BCUT2D eigenvalue weighted by atomic mass is 9.91. The molecule has 1 heterocycles. The maximum atomic E-state index is 13.1. The largest absolute Gasteiger partial charge is 0.332 e. The highest BCUT2D eigenvalue weighted by atomic mass is 79.9. The molecule has 0 saturated carbocycles. The van der Waals surface area contributed by atoms with Crippen LogP contribution in [-0.4, -0.2) is 29.4 Å². The van der Waals surface area contributed by atoms with Crippen molar-refractivity contribution < 1.29 is 9.59 Å². The molecule has 1 fully saturated rings. The zero-order valence-corrected chi connectivity index (χ0v) is 16.7. The second kappa shape index (κ2) is 6.63. The predicted octanol–water partition coefficient (Wildman–Crippen LogP) is 5.16. The van der Waals surface area contributed by atoms with Crippen LogP contribution in [0.2, 0.25) is 10.0 Å². The number of benzene rings is 2. The molecule has 1 saturated heterocycles. The van der Waals surface area contributed by atoms with Gasteiger partial charge in [0.15, 0.2) is 0 Å². The van der Waals surface area contributed by atoms with Crippen LogP contribution >= 0.6 is 39.1 Å². The molecular formula is C18H15BrCl2N2O2. The number of carbonyl (C=O) groups is 2. The Morgan fingerprint density at radius 2 is 1.60 bits per heavy atom. The Bertz CT molecular complexity index is 836. The van der Waals surface area contributed by atoms with E-state index in [0.717, 1.165) is 14.9 Å². The molecule has 3 amide bonds. The Labute approximate surface area is 164 Å². The summed E-state index contributed by atoms with van der Waals surface area (Å²) < 4.78 is 0.957. The molecular weight excluding hydrogens is 427 g/mol. The van der Waals surface area contributed by atoms with E-state index in [2.05, 4.69) is 15.9 Å². The van der Waals surface area contributed by atoms with Gasteiger partial charge < -0.3 is 4.90 Å². The number of likely N-dealkylation sites (N-methyl/N-ethyl adjacent to an activating group) is 1. The molecule has 4 nitrogen and oxygen atoms in total. The van der Waals surface area contributed by atoms with Gasteiger partial charge in [-0.2, -0.15) is 0 Å². The minimum Gasteiger partial charge on any atom is -0.312 e. The van der Waals surface area contributed by atoms with Gasteiger partial charge in [-0.15, -0.1) is 0 Å². The molecule has 0 spiro atoms. The summed E-state index contributed by atoms with van der Waals surface area (Å²) in [4.78, 5) is 28.4. The topological polar surface area (TPSA) is 40.6 Å². The van der Waals surface area contributed by atoms with Crippen molar-refractivity contribution >= 4 is 56.8 Å². The molecule has 130 valence electrons. The number of imide groups is 1. The van der Waals surface area contributed by atoms with E-state index < -0.39 is 11.6 Å². The van der Waals surface area contributed by atoms with Gasteiger partial charge in [0.25, 0.3) is 5.91 Å². The Hall–Kier alpha value is -1.56. The summed E-state index contributed by atoms with van der Waals surface area (Å²) in [6.07, 6.45) is 0.409. The first-order valence-corrected chi connectivity index (χ1v) is 9.10. The fraction of sp³-hybridized carbons (Fsp3) is 0.222. The number of nitrogens with zero attached hydrogens (tertiary/aromatic N) is 2. The molecule has 0 radical (unpaired) electrons. The van der Waals surface area contributed by atoms with Crippen molar-refractivity contribution in [1.29, 1.82) is 0 Å². The standard InChI is InChI=1S/C18H15BrCl2N2O2/c1-18(10-11-3-5-12(19)6-4-11)16(24)23(17(25)22(18)2)15-8-13(20)7-14(21)9-15/h3-9H,10H2,1-2H3/t18-/m1/s1. The second-order valence-corrected chi connectivity index (χ2v) is 7.98. The Morgan fingerprint density at radius 3 is 2.16 bits per heavy atom. The number of rotatable bonds is 3. The summed E-state index contributed by atoms with van der Waals surface area (Å²) in [7, 11) is 1.63. The lowest BCUT2D eigenvalue weighted by Gasteiger charge is -2.28. The van der Waals surface area contributed by atoms with E-state index >= 15 is 0 Å². The maximum absolute atomic E-state index is 13.1. The second-order valence-electron chi connectivity index (χ2n) is 6.19. The zero-order valence-electron chi connectivity index (χ0n) is 13.6. The molecule has 7 heteroatoms. The van der Waals surface area contributed by atoms with E-state index in [-0.39, 0.29) is 5.91 Å². The minimum absolute atomic E-state index is 0.304. The quantitative estimate of drug-likeness (QED) is 0.617. The summed E-state index contributed by atoms with van der Waals surface area (Å²) in [5.74, 6) is -0.304. The zero-order chi connectivity index (χ0) is 18.4. The summed E-state index contributed by atoms with van der Waals surface area (Å²) >= 11 is 15.4. The van der Waals surface area contributed by atoms with E-state index in [1.807, 2.05) is 24.3 Å². The van der Waals surface area contributed by atoms with E-state index in [0.29, 0.717) is 22.2 Å². The molecule has 3 rings (SSSR count). The van der Waals surface area contributed by atoms with Crippen molar-refractivity contribution in [1.82, 2.24) is 4.90 Å². The van der Waals surface area contributed by atoms with Crippen molar-refractivity contribution in [3.05, 3.63) is 62.5 Å². The van der Waals surface area contributed by atoms with Crippen molar-refractivity contribution in [2.75, 3.05) is 11.9 Å². The van der Waals surface area contributed by atoms with Gasteiger partial charge in [-0.1, -0.05) is 51.3 Å². The van der Waals surface area contributed by atoms with E-state index in [1.165, 1.54) is 4.90 Å². The molecule has 2 aromatic carbocycles. The Morgan fingerprint density at radius 1 is 1.04 bits per heavy atom. The highest BCUT2D eigenvalue weighted by molar-refractivity contribution is 9.10. The first kappa shape index (κ1) is 18.2. The molecule has 0 aliphatic carbocycles.